The summed E-state index contributed by atoms with van der Waals surface area (Å²) in [5, 5.41) is 0. The maximum absolute atomic E-state index is 13.4. The van der Waals surface area contributed by atoms with Gasteiger partial charge in [-0.05, 0) is 63.8 Å². The highest BCUT2D eigenvalue weighted by atomic mass is 32.2. The zero-order chi connectivity index (χ0) is 31.1. The number of nitrogens with one attached hydrogen (secondary N) is 1. The molecule has 1 spiro atoms. The second-order valence-electron chi connectivity index (χ2n) is 11.2. The first-order valence-corrected chi connectivity index (χ1v) is 14.3. The van der Waals surface area contributed by atoms with Gasteiger partial charge in [0.25, 0.3) is 0 Å². The summed E-state index contributed by atoms with van der Waals surface area (Å²) in [5.74, 6) is -3.48. The van der Waals surface area contributed by atoms with E-state index in [1.165, 1.54) is 0 Å². The number of alkyl halides is 6. The van der Waals surface area contributed by atoms with E-state index >= 15 is 0 Å². The molecule has 15 heteroatoms. The Bertz CT molecular complexity index is 1390. The molecule has 2 aliphatic rings. The van der Waals surface area contributed by atoms with E-state index in [-0.39, 0.29) is 12.0 Å². The molecule has 2 aromatic carbocycles. The Balaban J connectivity index is 1.76. The van der Waals surface area contributed by atoms with Crippen molar-refractivity contribution in [2.75, 3.05) is 0 Å². The van der Waals surface area contributed by atoms with Crippen LogP contribution in [0.5, 0.6) is 11.5 Å². The second kappa shape index (κ2) is 11.2. The molecule has 1 unspecified atom stereocenters. The number of halogens is 6. The molecule has 8 nitrogen and oxygen atoms in total. The monoisotopic (exact) mass is 625 g/mol. The van der Waals surface area contributed by atoms with Crippen LogP contribution in [-0.2, 0) is 24.5 Å². The van der Waals surface area contributed by atoms with Crippen LogP contribution >= 0.6 is 0 Å². The number of rotatable bonds is 6. The quantitative estimate of drug-likeness (QED) is 0.169. The maximum Gasteiger partial charge on any atom is 0.573 e. The Labute approximate surface area is 238 Å². The third-order valence-corrected chi connectivity index (χ3v) is 7.95. The minimum Gasteiger partial charge on any atom is -0.460 e. The zero-order valence-corrected chi connectivity index (χ0v) is 23.5. The summed E-state index contributed by atoms with van der Waals surface area (Å²) in [6, 6.07) is 9.73. The van der Waals surface area contributed by atoms with Gasteiger partial charge >= 0.3 is 28.0 Å². The lowest BCUT2D eigenvalue weighted by molar-refractivity contribution is -0.274. The number of ether oxygens (including phenoxy) is 2. The van der Waals surface area contributed by atoms with E-state index in [2.05, 4.69) is 14.4 Å². The fourth-order valence-electron chi connectivity index (χ4n) is 5.51. The summed E-state index contributed by atoms with van der Waals surface area (Å²) in [6.07, 6.45) is -3.90. The molecule has 4 atom stereocenters. The summed E-state index contributed by atoms with van der Waals surface area (Å²) >= 11 is 0. The van der Waals surface area contributed by atoms with Crippen LogP contribution in [0.15, 0.2) is 48.5 Å². The Hall–Kier alpha value is -3.04. The number of carbonyl (C=O) groups excluding carboxylic acids is 1. The zero-order valence-electron chi connectivity index (χ0n) is 22.7. The van der Waals surface area contributed by atoms with E-state index in [0.29, 0.717) is 37.0 Å². The van der Waals surface area contributed by atoms with Crippen LogP contribution in [0.25, 0.3) is 0 Å². The first-order valence-electron chi connectivity index (χ1n) is 12.9. The van der Waals surface area contributed by atoms with Crippen LogP contribution in [0.4, 0.5) is 26.3 Å². The third-order valence-electron chi connectivity index (χ3n) is 6.98. The lowest BCUT2D eigenvalue weighted by Crippen LogP contribution is -2.47. The molecule has 1 aliphatic heterocycles. The molecule has 1 aliphatic carbocycles. The van der Waals surface area contributed by atoms with Crippen LogP contribution in [0.1, 0.15) is 69.5 Å². The molecule has 1 saturated carbocycles. The number of esters is 1. The van der Waals surface area contributed by atoms with Crippen LogP contribution in [0.2, 0.25) is 0 Å². The summed E-state index contributed by atoms with van der Waals surface area (Å²) in [4.78, 5) is 19.4. The number of hydroxylamine groups is 1. The largest absolute Gasteiger partial charge is 0.573 e. The first-order chi connectivity index (χ1) is 19.3. The lowest BCUT2D eigenvalue weighted by atomic mass is 9.64. The normalized spacial score (nSPS) is 25.3. The highest BCUT2D eigenvalue weighted by molar-refractivity contribution is 7.88. The van der Waals surface area contributed by atoms with Crippen molar-refractivity contribution in [1.29, 1.82) is 0 Å². The van der Waals surface area contributed by atoms with E-state index in [9.17, 15) is 39.6 Å². The molecule has 4 rings (SSSR count). The minimum atomic E-state index is -6.17. The molecule has 232 valence electrons. The van der Waals surface area contributed by atoms with Gasteiger partial charge in [-0.2, -0.15) is 27.1 Å². The van der Waals surface area contributed by atoms with Gasteiger partial charge in [0.1, 0.15) is 17.1 Å². The number of benzene rings is 2. The molecule has 1 heterocycles. The Morgan fingerprint density at radius 2 is 1.69 bits per heavy atom. The van der Waals surface area contributed by atoms with E-state index in [4.69, 9.17) is 9.57 Å². The Morgan fingerprint density at radius 1 is 1.02 bits per heavy atom. The van der Waals surface area contributed by atoms with Gasteiger partial charge in [0, 0.05) is 17.9 Å². The van der Waals surface area contributed by atoms with E-state index in [0.717, 1.165) is 6.07 Å². The molecule has 1 N–H and O–H groups in total. The van der Waals surface area contributed by atoms with E-state index in [1.54, 1.807) is 51.1 Å². The summed E-state index contributed by atoms with van der Waals surface area (Å²) < 4.78 is 116. The lowest BCUT2D eigenvalue weighted by Gasteiger charge is -2.44. The highest BCUT2D eigenvalue weighted by Crippen LogP contribution is 2.54. The smallest absolute Gasteiger partial charge is 0.460 e. The van der Waals surface area contributed by atoms with Gasteiger partial charge in [-0.25, -0.2) is 0 Å². The van der Waals surface area contributed by atoms with Crippen molar-refractivity contribution in [2.45, 2.75) is 81.5 Å². The molecule has 2 fully saturated rings. The number of carbonyl (C=O) groups is 1. The van der Waals surface area contributed by atoms with Crippen molar-refractivity contribution in [3.63, 3.8) is 0 Å². The van der Waals surface area contributed by atoms with Crippen LogP contribution < -0.4 is 14.4 Å². The Kier molecular flexibility index (Phi) is 8.52. The van der Waals surface area contributed by atoms with Crippen LogP contribution in [-0.4, -0.2) is 37.5 Å². The van der Waals surface area contributed by atoms with Gasteiger partial charge in [0.05, 0.1) is 17.6 Å². The van der Waals surface area contributed by atoms with Gasteiger partial charge < -0.3 is 13.7 Å². The predicted molar refractivity (Wildman–Crippen MR) is 135 cm³/mol. The van der Waals surface area contributed by atoms with E-state index < -0.39 is 68.5 Å². The third kappa shape index (κ3) is 7.11. The van der Waals surface area contributed by atoms with Crippen LogP contribution in [0, 0.1) is 5.92 Å². The van der Waals surface area contributed by atoms with Crippen molar-refractivity contribution in [1.82, 2.24) is 5.48 Å². The maximum atomic E-state index is 13.4. The second-order valence-corrected chi connectivity index (χ2v) is 12.7. The standard InChI is InChI=1S/C27H29F6NO7S/c1-24(2,3)39-23(35)18-10-7-13-25(22(18)16-8-5-4-6-9-16)15-20(34-41-25)19-14-17(38-26(28,29)30)11-12-21(19)40-42(36,37)27(31,32)33/h4-6,8-9,11-12,14,18,20,22,34H,7,10,13,15H2,1-3H3/t18?,20-,22+,25+/m0/s1. The van der Waals surface area contributed by atoms with Crippen molar-refractivity contribution in [2.24, 2.45) is 5.92 Å². The van der Waals surface area contributed by atoms with Crippen LogP contribution in [0.3, 0.4) is 0 Å². The number of hydrogen-bond donors (Lipinski definition) is 1. The molecular formula is C27H29F6NO7S. The molecule has 2 aromatic rings. The molecule has 1 saturated heterocycles. The molecule has 0 amide bonds. The van der Waals surface area contributed by atoms with Gasteiger partial charge in [-0.3, -0.25) is 9.63 Å². The van der Waals surface area contributed by atoms with Gasteiger partial charge in [0.15, 0.2) is 0 Å². The van der Waals surface area contributed by atoms with Crippen molar-refractivity contribution >= 4 is 16.1 Å². The molecule has 0 aromatic heterocycles. The minimum absolute atomic E-state index is 0.0657. The van der Waals surface area contributed by atoms with Crippen molar-refractivity contribution in [3.05, 3.63) is 59.7 Å². The van der Waals surface area contributed by atoms with Crippen molar-refractivity contribution < 1.29 is 58.0 Å². The fourth-order valence-corrected chi connectivity index (χ4v) is 5.99. The summed E-state index contributed by atoms with van der Waals surface area (Å²) in [6.45, 7) is 5.16. The predicted octanol–water partition coefficient (Wildman–Crippen LogP) is 6.44. The first kappa shape index (κ1) is 31.9. The fraction of sp³-hybridized carbons (Fsp3) is 0.519. The summed E-state index contributed by atoms with van der Waals surface area (Å²) in [5.41, 5.74) is -4.79. The molecule has 42 heavy (non-hydrogen) atoms. The average molecular weight is 626 g/mol. The van der Waals surface area contributed by atoms with E-state index in [1.807, 2.05) is 0 Å². The summed E-state index contributed by atoms with van der Waals surface area (Å²) in [7, 11) is -6.17. The SMILES string of the molecule is CC(C)(C)OC(=O)C1CCC[C@@]2(C[C@@H](c3cc(OC(F)(F)F)ccc3OS(=O)(=O)C(F)(F)F)NO2)[C@@H]1c1ccccc1. The van der Waals surface area contributed by atoms with Gasteiger partial charge in [-0.1, -0.05) is 30.3 Å². The number of hydrogen-bond acceptors (Lipinski definition) is 8. The highest BCUT2D eigenvalue weighted by Gasteiger charge is 2.56. The molecular weight excluding hydrogens is 596 g/mol. The molecule has 0 bridgehead atoms. The average Bonchev–Trinajstić information content (AvgIpc) is 3.26. The van der Waals surface area contributed by atoms with Crippen molar-refractivity contribution in [3.8, 4) is 11.5 Å². The molecule has 0 radical (unpaired) electrons. The van der Waals surface area contributed by atoms with Gasteiger partial charge in [0.2, 0.25) is 0 Å². The van der Waals surface area contributed by atoms with Gasteiger partial charge in [-0.15, -0.1) is 13.2 Å². The Morgan fingerprint density at radius 3 is 2.29 bits per heavy atom. The topological polar surface area (TPSA) is 100 Å².